The highest BCUT2D eigenvalue weighted by atomic mass is 35.5. The average Bonchev–Trinajstić information content (AvgIpc) is 3.19. The van der Waals surface area contributed by atoms with Gasteiger partial charge in [-0.1, -0.05) is 29.8 Å². The maximum atomic E-state index is 12.6. The lowest BCUT2D eigenvalue weighted by atomic mass is 10.1. The summed E-state index contributed by atoms with van der Waals surface area (Å²) in [6, 6.07) is 12.3. The number of para-hydroxylation sites is 1. The summed E-state index contributed by atoms with van der Waals surface area (Å²) in [6.07, 6.45) is 0.434. The monoisotopic (exact) mass is 392 g/mol. The van der Waals surface area contributed by atoms with E-state index < -0.39 is 16.1 Å². The standard InChI is InChI=1S/C18H17ClN2O4S/c19-14-7-6-13(21-8-3-9-26(21,23)24)11-15(14)20-18(22)17-10-12-4-1-2-5-16(12)25-17/h1-2,4-7,11,17H,3,8-10H2,(H,20,22). The van der Waals surface area contributed by atoms with E-state index in [1.165, 1.54) is 4.31 Å². The SMILES string of the molecule is O=C(Nc1cc(N2CCCS2(=O)=O)ccc1Cl)C1Cc2ccccc2O1. The molecule has 0 spiro atoms. The molecule has 0 radical (unpaired) electrons. The number of sulfonamides is 1. The summed E-state index contributed by atoms with van der Waals surface area (Å²) in [5, 5.41) is 3.10. The summed E-state index contributed by atoms with van der Waals surface area (Å²) in [5.74, 6) is 0.520. The molecule has 4 rings (SSSR count). The van der Waals surface area contributed by atoms with Crippen molar-refractivity contribution in [2.45, 2.75) is 18.9 Å². The van der Waals surface area contributed by atoms with Crippen molar-refractivity contribution in [2.75, 3.05) is 21.9 Å². The Kier molecular flexibility index (Phi) is 4.28. The van der Waals surface area contributed by atoms with Gasteiger partial charge in [0.15, 0.2) is 6.10 Å². The topological polar surface area (TPSA) is 75.7 Å². The number of rotatable bonds is 3. The molecule has 2 aromatic carbocycles. The molecule has 2 aromatic rings. The van der Waals surface area contributed by atoms with Gasteiger partial charge in [-0.15, -0.1) is 0 Å². The van der Waals surface area contributed by atoms with Crippen molar-refractivity contribution in [1.82, 2.24) is 0 Å². The zero-order valence-electron chi connectivity index (χ0n) is 13.8. The molecular formula is C18H17ClN2O4S. The smallest absolute Gasteiger partial charge is 0.265 e. The molecular weight excluding hydrogens is 376 g/mol. The van der Waals surface area contributed by atoms with Crippen LogP contribution in [0.4, 0.5) is 11.4 Å². The van der Waals surface area contributed by atoms with Crippen LogP contribution in [-0.4, -0.2) is 32.7 Å². The van der Waals surface area contributed by atoms with Gasteiger partial charge in [0, 0.05) is 13.0 Å². The van der Waals surface area contributed by atoms with Gasteiger partial charge < -0.3 is 10.1 Å². The fourth-order valence-corrected chi connectivity index (χ4v) is 4.96. The molecule has 2 aliphatic heterocycles. The predicted molar refractivity (Wildman–Crippen MR) is 100 cm³/mol. The van der Waals surface area contributed by atoms with Gasteiger partial charge in [-0.2, -0.15) is 0 Å². The number of anilines is 2. The summed E-state index contributed by atoms with van der Waals surface area (Å²) in [7, 11) is -3.30. The van der Waals surface area contributed by atoms with Gasteiger partial charge in [-0.3, -0.25) is 9.10 Å². The van der Waals surface area contributed by atoms with Gasteiger partial charge in [0.2, 0.25) is 10.0 Å². The predicted octanol–water partition coefficient (Wildman–Crippen LogP) is 2.82. The highest BCUT2D eigenvalue weighted by Gasteiger charge is 2.31. The quantitative estimate of drug-likeness (QED) is 0.871. The number of carbonyl (C=O) groups is 1. The van der Waals surface area contributed by atoms with Crippen molar-refractivity contribution in [1.29, 1.82) is 0 Å². The minimum atomic E-state index is -3.30. The molecule has 2 heterocycles. The summed E-state index contributed by atoms with van der Waals surface area (Å²) in [5.41, 5.74) is 1.85. The number of ether oxygens (including phenoxy) is 1. The molecule has 1 unspecified atom stereocenters. The van der Waals surface area contributed by atoms with Crippen LogP contribution in [0.25, 0.3) is 0 Å². The summed E-state index contributed by atoms with van der Waals surface area (Å²) in [6.45, 7) is 0.429. The van der Waals surface area contributed by atoms with Gasteiger partial charge in [0.25, 0.3) is 5.91 Å². The highest BCUT2D eigenvalue weighted by Crippen LogP contribution is 2.33. The Morgan fingerprint density at radius 1 is 1.23 bits per heavy atom. The van der Waals surface area contributed by atoms with Gasteiger partial charge in [-0.05, 0) is 36.2 Å². The molecule has 6 nitrogen and oxygen atoms in total. The molecule has 1 N–H and O–H groups in total. The van der Waals surface area contributed by atoms with Crippen LogP contribution in [0.15, 0.2) is 42.5 Å². The number of halogens is 1. The molecule has 0 aliphatic carbocycles. The van der Waals surface area contributed by atoms with Crippen LogP contribution in [0.2, 0.25) is 5.02 Å². The molecule has 26 heavy (non-hydrogen) atoms. The lowest BCUT2D eigenvalue weighted by Crippen LogP contribution is -2.31. The van der Waals surface area contributed by atoms with Crippen molar-refractivity contribution < 1.29 is 17.9 Å². The van der Waals surface area contributed by atoms with Gasteiger partial charge in [0.05, 0.1) is 22.2 Å². The number of nitrogens with zero attached hydrogens (tertiary/aromatic N) is 1. The highest BCUT2D eigenvalue weighted by molar-refractivity contribution is 7.93. The van der Waals surface area contributed by atoms with E-state index in [1.807, 2.05) is 24.3 Å². The third kappa shape index (κ3) is 3.12. The zero-order valence-corrected chi connectivity index (χ0v) is 15.4. The lowest BCUT2D eigenvalue weighted by molar-refractivity contribution is -0.122. The number of hydrogen-bond acceptors (Lipinski definition) is 4. The van der Waals surface area contributed by atoms with Crippen molar-refractivity contribution in [3.05, 3.63) is 53.1 Å². The van der Waals surface area contributed by atoms with Crippen molar-refractivity contribution >= 4 is 38.9 Å². The number of hydrogen-bond donors (Lipinski definition) is 1. The van der Waals surface area contributed by atoms with E-state index in [4.69, 9.17) is 16.3 Å². The normalized spacial score (nSPS) is 20.5. The van der Waals surface area contributed by atoms with Crippen LogP contribution in [0.5, 0.6) is 5.75 Å². The van der Waals surface area contributed by atoms with Crippen molar-refractivity contribution in [3.8, 4) is 5.75 Å². The maximum absolute atomic E-state index is 12.6. The number of amides is 1. The summed E-state index contributed by atoms with van der Waals surface area (Å²) < 4.78 is 31.2. The number of fused-ring (bicyclic) bond motifs is 1. The lowest BCUT2D eigenvalue weighted by Gasteiger charge is -2.19. The van der Waals surface area contributed by atoms with Crippen LogP contribution < -0.4 is 14.4 Å². The van der Waals surface area contributed by atoms with Crippen LogP contribution in [0, 0.1) is 0 Å². The second-order valence-electron chi connectivity index (χ2n) is 6.31. The van der Waals surface area contributed by atoms with Crippen LogP contribution in [0.1, 0.15) is 12.0 Å². The molecule has 1 atom stereocenters. The molecule has 1 fully saturated rings. The second-order valence-corrected chi connectivity index (χ2v) is 8.73. The van der Waals surface area contributed by atoms with E-state index in [-0.39, 0.29) is 11.7 Å². The first-order valence-electron chi connectivity index (χ1n) is 8.29. The molecule has 0 bridgehead atoms. The molecule has 8 heteroatoms. The Labute approximate surface area is 156 Å². The average molecular weight is 393 g/mol. The zero-order chi connectivity index (χ0) is 18.3. The molecule has 0 saturated carbocycles. The first-order chi connectivity index (χ1) is 12.4. The summed E-state index contributed by atoms with van der Waals surface area (Å²) >= 11 is 6.19. The number of carbonyl (C=O) groups excluding carboxylic acids is 1. The first-order valence-corrected chi connectivity index (χ1v) is 10.3. The molecule has 0 aromatic heterocycles. The van der Waals surface area contributed by atoms with Crippen molar-refractivity contribution in [3.63, 3.8) is 0 Å². The van der Waals surface area contributed by atoms with E-state index in [2.05, 4.69) is 5.32 Å². The van der Waals surface area contributed by atoms with Gasteiger partial charge >= 0.3 is 0 Å². The summed E-state index contributed by atoms with van der Waals surface area (Å²) in [4.78, 5) is 12.6. The van der Waals surface area contributed by atoms with Crippen molar-refractivity contribution in [2.24, 2.45) is 0 Å². The number of nitrogens with one attached hydrogen (secondary N) is 1. The molecule has 136 valence electrons. The van der Waals surface area contributed by atoms with Crippen LogP contribution in [0.3, 0.4) is 0 Å². The Balaban J connectivity index is 1.53. The Morgan fingerprint density at radius 3 is 2.77 bits per heavy atom. The van der Waals surface area contributed by atoms with Crippen LogP contribution in [-0.2, 0) is 21.2 Å². The molecule has 2 aliphatic rings. The third-order valence-corrected chi connectivity index (χ3v) is 6.73. The van der Waals surface area contributed by atoms with E-state index in [0.717, 1.165) is 5.56 Å². The Bertz CT molecular complexity index is 952. The van der Waals surface area contributed by atoms with E-state index in [9.17, 15) is 13.2 Å². The molecule has 1 saturated heterocycles. The van der Waals surface area contributed by atoms with Crippen LogP contribution >= 0.6 is 11.6 Å². The third-order valence-electron chi connectivity index (χ3n) is 4.53. The van der Waals surface area contributed by atoms with E-state index in [0.29, 0.717) is 41.5 Å². The minimum absolute atomic E-state index is 0.130. The fraction of sp³-hybridized carbons (Fsp3) is 0.278. The van der Waals surface area contributed by atoms with Gasteiger partial charge in [0.1, 0.15) is 5.75 Å². The minimum Gasteiger partial charge on any atom is -0.480 e. The first kappa shape index (κ1) is 17.2. The fourth-order valence-electron chi connectivity index (χ4n) is 3.24. The van der Waals surface area contributed by atoms with E-state index >= 15 is 0 Å². The van der Waals surface area contributed by atoms with Gasteiger partial charge in [-0.25, -0.2) is 8.42 Å². The van der Waals surface area contributed by atoms with E-state index in [1.54, 1.807) is 18.2 Å². The Hall–Kier alpha value is -2.25. The maximum Gasteiger partial charge on any atom is 0.265 e. The Morgan fingerprint density at radius 2 is 2.04 bits per heavy atom. The number of benzene rings is 2. The molecule has 1 amide bonds. The second kappa shape index (κ2) is 6.48. The largest absolute Gasteiger partial charge is 0.480 e.